The van der Waals surface area contributed by atoms with Gasteiger partial charge in [-0.05, 0) is 6.92 Å². The van der Waals surface area contributed by atoms with Crippen molar-refractivity contribution in [2.24, 2.45) is 0 Å². The number of nitro groups is 1. The van der Waals surface area contributed by atoms with Crippen LogP contribution in [-0.4, -0.2) is 51.2 Å². The van der Waals surface area contributed by atoms with Crippen molar-refractivity contribution in [3.63, 3.8) is 0 Å². The molecule has 18 heavy (non-hydrogen) atoms. The van der Waals surface area contributed by atoms with Gasteiger partial charge in [-0.3, -0.25) is 19.6 Å². The van der Waals surface area contributed by atoms with Crippen LogP contribution in [0.25, 0.3) is 0 Å². The van der Waals surface area contributed by atoms with Crippen molar-refractivity contribution in [2.75, 3.05) is 19.6 Å². The first-order valence-electron chi connectivity index (χ1n) is 5.75. The molecule has 1 aromatic rings. The largest absolute Gasteiger partial charge is 0.336 e. The number of rotatable bonds is 3. The summed E-state index contributed by atoms with van der Waals surface area (Å²) in [5, 5.41) is 17.5. The molecule has 1 saturated heterocycles. The van der Waals surface area contributed by atoms with Crippen molar-refractivity contribution in [1.29, 1.82) is 0 Å². The Hall–Kier alpha value is -1.96. The number of carbonyl (C=O) groups is 1. The third kappa shape index (κ3) is 2.65. The van der Waals surface area contributed by atoms with Gasteiger partial charge < -0.3 is 10.2 Å². The van der Waals surface area contributed by atoms with Gasteiger partial charge >= 0.3 is 5.69 Å². The Morgan fingerprint density at radius 1 is 1.72 bits per heavy atom. The first-order chi connectivity index (χ1) is 8.58. The minimum atomic E-state index is -0.526. The van der Waals surface area contributed by atoms with Gasteiger partial charge in [0.1, 0.15) is 18.9 Å². The van der Waals surface area contributed by atoms with Crippen molar-refractivity contribution < 1.29 is 9.72 Å². The van der Waals surface area contributed by atoms with E-state index in [1.165, 1.54) is 10.9 Å². The van der Waals surface area contributed by atoms with E-state index < -0.39 is 4.92 Å². The van der Waals surface area contributed by atoms with Crippen molar-refractivity contribution in [3.8, 4) is 0 Å². The maximum Gasteiger partial charge on any atom is 0.307 e. The summed E-state index contributed by atoms with van der Waals surface area (Å²) in [6.45, 7) is 4.21. The lowest BCUT2D eigenvalue weighted by atomic mass is 10.2. The molecule has 0 spiro atoms. The van der Waals surface area contributed by atoms with E-state index in [-0.39, 0.29) is 24.2 Å². The van der Waals surface area contributed by atoms with Gasteiger partial charge in [-0.25, -0.2) is 0 Å². The summed E-state index contributed by atoms with van der Waals surface area (Å²) in [6.07, 6.45) is 2.42. The molecule has 2 rings (SSSR count). The Bertz CT molecular complexity index is 458. The van der Waals surface area contributed by atoms with Gasteiger partial charge in [0, 0.05) is 25.7 Å². The quantitative estimate of drug-likeness (QED) is 0.585. The third-order valence-corrected chi connectivity index (χ3v) is 2.95. The highest BCUT2D eigenvalue weighted by atomic mass is 16.6. The van der Waals surface area contributed by atoms with E-state index in [1.807, 2.05) is 6.92 Å². The van der Waals surface area contributed by atoms with Crippen LogP contribution in [-0.2, 0) is 11.3 Å². The average Bonchev–Trinajstić information content (AvgIpc) is 2.78. The Balaban J connectivity index is 1.99. The lowest BCUT2D eigenvalue weighted by Crippen LogP contribution is -2.53. The monoisotopic (exact) mass is 253 g/mol. The Labute approximate surface area is 104 Å². The first kappa shape index (κ1) is 12.5. The van der Waals surface area contributed by atoms with Crippen LogP contribution in [0.4, 0.5) is 5.69 Å². The Morgan fingerprint density at radius 3 is 3.11 bits per heavy atom. The van der Waals surface area contributed by atoms with E-state index in [2.05, 4.69) is 10.4 Å². The van der Waals surface area contributed by atoms with Crippen molar-refractivity contribution in [2.45, 2.75) is 19.5 Å². The number of piperazine rings is 1. The Kier molecular flexibility index (Phi) is 3.56. The number of amides is 1. The molecule has 0 aromatic carbocycles. The average molecular weight is 253 g/mol. The van der Waals surface area contributed by atoms with Crippen LogP contribution in [0.15, 0.2) is 12.4 Å². The van der Waals surface area contributed by atoms with Gasteiger partial charge in [-0.15, -0.1) is 0 Å². The molecule has 8 nitrogen and oxygen atoms in total. The zero-order chi connectivity index (χ0) is 13.1. The maximum absolute atomic E-state index is 12.0. The highest BCUT2D eigenvalue weighted by Crippen LogP contribution is 2.09. The number of aromatic nitrogens is 2. The topological polar surface area (TPSA) is 93.3 Å². The smallest absolute Gasteiger partial charge is 0.307 e. The lowest BCUT2D eigenvalue weighted by Gasteiger charge is -2.33. The Morgan fingerprint density at radius 2 is 2.50 bits per heavy atom. The summed E-state index contributed by atoms with van der Waals surface area (Å²) in [4.78, 5) is 23.8. The number of hydrogen-bond donors (Lipinski definition) is 1. The molecular weight excluding hydrogens is 238 g/mol. The molecule has 1 aliphatic heterocycles. The molecule has 1 N–H and O–H groups in total. The van der Waals surface area contributed by atoms with Crippen LogP contribution in [0.2, 0.25) is 0 Å². The van der Waals surface area contributed by atoms with Crippen LogP contribution in [0.1, 0.15) is 6.92 Å². The predicted octanol–water partition coefficient (Wildman–Crippen LogP) is -0.388. The lowest BCUT2D eigenvalue weighted by molar-refractivity contribution is -0.385. The first-order valence-corrected chi connectivity index (χ1v) is 5.75. The van der Waals surface area contributed by atoms with Crippen LogP contribution >= 0.6 is 0 Å². The minimum absolute atomic E-state index is 0.0399. The summed E-state index contributed by atoms with van der Waals surface area (Å²) in [7, 11) is 0. The molecule has 1 amide bonds. The molecule has 0 radical (unpaired) electrons. The fraction of sp³-hybridized carbons (Fsp3) is 0.600. The van der Waals surface area contributed by atoms with Crippen molar-refractivity contribution >= 4 is 11.6 Å². The number of nitrogens with zero attached hydrogens (tertiary/aromatic N) is 4. The van der Waals surface area contributed by atoms with Crippen LogP contribution in [0, 0.1) is 10.1 Å². The zero-order valence-corrected chi connectivity index (χ0v) is 10.1. The van der Waals surface area contributed by atoms with E-state index >= 15 is 0 Å². The molecule has 8 heteroatoms. The zero-order valence-electron chi connectivity index (χ0n) is 10.1. The van der Waals surface area contributed by atoms with Crippen LogP contribution in [0.3, 0.4) is 0 Å². The van der Waals surface area contributed by atoms with Crippen molar-refractivity contribution in [3.05, 3.63) is 22.5 Å². The molecule has 1 atom stereocenters. The highest BCUT2D eigenvalue weighted by Gasteiger charge is 2.23. The van der Waals surface area contributed by atoms with E-state index in [1.54, 1.807) is 4.90 Å². The van der Waals surface area contributed by atoms with Gasteiger partial charge in [0.25, 0.3) is 0 Å². The second-order valence-corrected chi connectivity index (χ2v) is 4.29. The summed E-state index contributed by atoms with van der Waals surface area (Å²) in [6, 6.07) is 0.136. The summed E-state index contributed by atoms with van der Waals surface area (Å²) in [5.74, 6) is -0.0676. The fourth-order valence-corrected chi connectivity index (χ4v) is 1.97. The molecule has 2 heterocycles. The van der Waals surface area contributed by atoms with Crippen LogP contribution in [0.5, 0.6) is 0 Å². The second kappa shape index (κ2) is 5.13. The molecule has 0 bridgehead atoms. The number of nitrogens with one attached hydrogen (secondary N) is 1. The molecule has 1 aliphatic rings. The maximum atomic E-state index is 12.0. The van der Waals surface area contributed by atoms with Gasteiger partial charge in [-0.2, -0.15) is 5.10 Å². The third-order valence-electron chi connectivity index (χ3n) is 2.95. The van der Waals surface area contributed by atoms with Gasteiger partial charge in [0.15, 0.2) is 0 Å². The molecule has 1 fully saturated rings. The fourth-order valence-electron chi connectivity index (χ4n) is 1.97. The normalized spacial score (nSPS) is 19.8. The summed E-state index contributed by atoms with van der Waals surface area (Å²) in [5.41, 5.74) is -0.101. The summed E-state index contributed by atoms with van der Waals surface area (Å²) >= 11 is 0. The van der Waals surface area contributed by atoms with E-state index in [9.17, 15) is 14.9 Å². The van der Waals surface area contributed by atoms with E-state index in [0.29, 0.717) is 6.54 Å². The second-order valence-electron chi connectivity index (χ2n) is 4.29. The number of hydrogen-bond acceptors (Lipinski definition) is 5. The molecule has 1 unspecified atom stereocenters. The molecule has 0 saturated carbocycles. The predicted molar refractivity (Wildman–Crippen MR) is 62.9 cm³/mol. The van der Waals surface area contributed by atoms with Crippen LogP contribution < -0.4 is 5.32 Å². The van der Waals surface area contributed by atoms with Gasteiger partial charge in [0.05, 0.1) is 4.92 Å². The van der Waals surface area contributed by atoms with Gasteiger partial charge in [0.2, 0.25) is 5.91 Å². The van der Waals surface area contributed by atoms with E-state index in [4.69, 9.17) is 0 Å². The molecule has 98 valence electrons. The van der Waals surface area contributed by atoms with E-state index in [0.717, 1.165) is 19.3 Å². The molecular formula is C10H15N5O3. The van der Waals surface area contributed by atoms with Crippen molar-refractivity contribution in [1.82, 2.24) is 20.0 Å². The van der Waals surface area contributed by atoms with Gasteiger partial charge in [-0.1, -0.05) is 0 Å². The molecule has 1 aromatic heterocycles. The standard InChI is InChI=1S/C10H15N5O3/c1-8-4-11-2-3-14(8)10(16)7-13-6-9(5-12-13)15(17)18/h5-6,8,11H,2-4,7H2,1H3. The summed E-state index contributed by atoms with van der Waals surface area (Å²) < 4.78 is 1.30. The number of carbonyl (C=O) groups excluding carboxylic acids is 1. The SMILES string of the molecule is CC1CNCCN1C(=O)Cn1cc([N+](=O)[O-])cn1. The highest BCUT2D eigenvalue weighted by molar-refractivity contribution is 5.76. The minimum Gasteiger partial charge on any atom is -0.336 e. The molecule has 0 aliphatic carbocycles.